The number of nitriles is 1. The smallest absolute Gasteiger partial charge is 0.139 e. The van der Waals surface area contributed by atoms with Crippen LogP contribution < -0.4 is 10.5 Å². The summed E-state index contributed by atoms with van der Waals surface area (Å²) in [6.45, 7) is 1.89. The predicted molar refractivity (Wildman–Crippen MR) is 82.3 cm³/mol. The molecule has 0 spiro atoms. The van der Waals surface area contributed by atoms with Crippen LogP contribution in [0.2, 0.25) is 0 Å². The number of nitrogens with zero attached hydrogens (tertiary/aromatic N) is 1. The van der Waals surface area contributed by atoms with Gasteiger partial charge in [-0.25, -0.2) is 0 Å². The highest BCUT2D eigenvalue weighted by Crippen LogP contribution is 2.28. The first kappa shape index (κ1) is 14.6. The molecule has 2 aromatic rings. The zero-order chi connectivity index (χ0) is 14.5. The zero-order valence-corrected chi connectivity index (χ0v) is 12.7. The van der Waals surface area contributed by atoms with Crippen LogP contribution in [0.3, 0.4) is 0 Å². The Morgan fingerprint density at radius 1 is 1.20 bits per heavy atom. The van der Waals surface area contributed by atoms with Crippen LogP contribution in [0.5, 0.6) is 5.75 Å². The van der Waals surface area contributed by atoms with Gasteiger partial charge in [-0.3, -0.25) is 0 Å². The van der Waals surface area contributed by atoms with Gasteiger partial charge in [0.15, 0.2) is 0 Å². The molecule has 2 aromatic carbocycles. The number of benzene rings is 2. The van der Waals surface area contributed by atoms with Gasteiger partial charge in [0, 0.05) is 10.5 Å². The van der Waals surface area contributed by atoms with Crippen molar-refractivity contribution in [2.75, 3.05) is 0 Å². The number of ether oxygens (including phenoxy) is 1. The second-order valence-electron chi connectivity index (χ2n) is 4.56. The molecule has 2 atom stereocenters. The van der Waals surface area contributed by atoms with E-state index < -0.39 is 0 Å². The van der Waals surface area contributed by atoms with Gasteiger partial charge in [-0.1, -0.05) is 40.2 Å². The highest BCUT2D eigenvalue weighted by molar-refractivity contribution is 9.10. The Morgan fingerprint density at radius 3 is 2.60 bits per heavy atom. The molecule has 2 rings (SSSR count). The fourth-order valence-corrected chi connectivity index (χ4v) is 2.38. The average Bonchev–Trinajstić information content (AvgIpc) is 2.44. The lowest BCUT2D eigenvalue weighted by atomic mass is 10.0. The van der Waals surface area contributed by atoms with Gasteiger partial charge >= 0.3 is 0 Å². The second-order valence-corrected chi connectivity index (χ2v) is 5.48. The molecule has 4 heteroatoms. The molecule has 0 aliphatic carbocycles. The molecule has 3 nitrogen and oxygen atoms in total. The van der Waals surface area contributed by atoms with E-state index in [1.165, 1.54) is 0 Å². The third-order valence-electron chi connectivity index (χ3n) is 2.92. The first-order chi connectivity index (χ1) is 9.61. The fourth-order valence-electron chi connectivity index (χ4n) is 1.96. The average molecular weight is 331 g/mol. The molecule has 0 fully saturated rings. The van der Waals surface area contributed by atoms with Gasteiger partial charge in [0.25, 0.3) is 0 Å². The normalized spacial score (nSPS) is 13.3. The van der Waals surface area contributed by atoms with E-state index in [1.54, 1.807) is 12.1 Å². The van der Waals surface area contributed by atoms with Crippen molar-refractivity contribution in [2.45, 2.75) is 19.1 Å². The minimum atomic E-state index is -0.304. The van der Waals surface area contributed by atoms with Crippen LogP contribution in [0.1, 0.15) is 24.2 Å². The Labute approximate surface area is 127 Å². The molecular formula is C16H15BrN2O. The van der Waals surface area contributed by atoms with Gasteiger partial charge < -0.3 is 10.5 Å². The monoisotopic (exact) mass is 330 g/mol. The largest absolute Gasteiger partial charge is 0.483 e. The molecule has 0 radical (unpaired) electrons. The van der Waals surface area contributed by atoms with Crippen LogP contribution in [0.15, 0.2) is 53.0 Å². The highest BCUT2D eigenvalue weighted by atomic mass is 79.9. The van der Waals surface area contributed by atoms with Crippen molar-refractivity contribution in [3.05, 3.63) is 64.1 Å². The molecule has 0 saturated carbocycles. The van der Waals surface area contributed by atoms with Crippen molar-refractivity contribution >= 4 is 15.9 Å². The van der Waals surface area contributed by atoms with Gasteiger partial charge in [0.1, 0.15) is 17.9 Å². The van der Waals surface area contributed by atoms with Crippen molar-refractivity contribution in [1.29, 1.82) is 5.26 Å². The summed E-state index contributed by atoms with van der Waals surface area (Å²) < 4.78 is 6.94. The van der Waals surface area contributed by atoms with Crippen LogP contribution in [0.4, 0.5) is 0 Å². The van der Waals surface area contributed by atoms with Crippen molar-refractivity contribution in [3.63, 3.8) is 0 Å². The van der Waals surface area contributed by atoms with Crippen LogP contribution in [-0.4, -0.2) is 6.04 Å². The first-order valence-electron chi connectivity index (χ1n) is 6.28. The number of nitrogens with two attached hydrogens (primary N) is 1. The molecular weight excluding hydrogens is 316 g/mol. The Morgan fingerprint density at radius 2 is 1.95 bits per heavy atom. The van der Waals surface area contributed by atoms with Crippen molar-refractivity contribution < 1.29 is 4.74 Å². The van der Waals surface area contributed by atoms with E-state index in [0.29, 0.717) is 11.3 Å². The summed E-state index contributed by atoms with van der Waals surface area (Å²) in [7, 11) is 0. The summed E-state index contributed by atoms with van der Waals surface area (Å²) in [5.74, 6) is 0.553. The van der Waals surface area contributed by atoms with Crippen molar-refractivity contribution in [2.24, 2.45) is 5.73 Å². The number of hydrogen-bond donors (Lipinski definition) is 1. The maximum absolute atomic E-state index is 9.12. The van der Waals surface area contributed by atoms with Gasteiger partial charge in [-0.05, 0) is 36.8 Å². The van der Waals surface area contributed by atoms with E-state index in [0.717, 1.165) is 10.0 Å². The number of halogens is 1. The van der Waals surface area contributed by atoms with E-state index in [-0.39, 0.29) is 12.1 Å². The van der Waals surface area contributed by atoms with E-state index in [9.17, 15) is 0 Å². The van der Waals surface area contributed by atoms with Crippen LogP contribution in [0, 0.1) is 11.3 Å². The Balaban J connectivity index is 2.34. The summed E-state index contributed by atoms with van der Waals surface area (Å²) in [6.07, 6.45) is -0.304. The lowest BCUT2D eigenvalue weighted by molar-refractivity contribution is 0.180. The van der Waals surface area contributed by atoms with Crippen LogP contribution in [0.25, 0.3) is 0 Å². The van der Waals surface area contributed by atoms with Crippen molar-refractivity contribution in [1.82, 2.24) is 0 Å². The summed E-state index contributed by atoms with van der Waals surface area (Å²) in [6, 6.07) is 16.9. The predicted octanol–water partition coefficient (Wildman–Crippen LogP) is 3.79. The van der Waals surface area contributed by atoms with Gasteiger partial charge in [-0.2, -0.15) is 5.26 Å². The third-order valence-corrected chi connectivity index (χ3v) is 3.41. The summed E-state index contributed by atoms with van der Waals surface area (Å²) in [5, 5.41) is 9.12. The summed E-state index contributed by atoms with van der Waals surface area (Å²) >= 11 is 3.44. The number of rotatable bonds is 4. The van der Waals surface area contributed by atoms with E-state index in [2.05, 4.69) is 22.0 Å². The van der Waals surface area contributed by atoms with Crippen LogP contribution in [-0.2, 0) is 0 Å². The van der Waals surface area contributed by atoms with E-state index in [4.69, 9.17) is 15.7 Å². The molecule has 2 unspecified atom stereocenters. The Kier molecular flexibility index (Phi) is 4.78. The standard InChI is InChI=1S/C16H15BrN2O/c1-11(19)16(12-6-4-7-14(17)9-12)20-15-8-3-2-5-13(15)10-18/h2-9,11,16H,19H2,1H3. The minimum Gasteiger partial charge on any atom is -0.483 e. The molecule has 0 bridgehead atoms. The maximum Gasteiger partial charge on any atom is 0.139 e. The zero-order valence-electron chi connectivity index (χ0n) is 11.1. The lowest BCUT2D eigenvalue weighted by Crippen LogP contribution is -2.29. The molecule has 0 saturated heterocycles. The Hall–Kier alpha value is -1.83. The molecule has 0 heterocycles. The molecule has 0 amide bonds. The minimum absolute atomic E-state index is 0.198. The topological polar surface area (TPSA) is 59.0 Å². The van der Waals surface area contributed by atoms with Gasteiger partial charge in [0.2, 0.25) is 0 Å². The van der Waals surface area contributed by atoms with E-state index >= 15 is 0 Å². The van der Waals surface area contributed by atoms with E-state index in [1.807, 2.05) is 43.3 Å². The van der Waals surface area contributed by atoms with Crippen molar-refractivity contribution in [3.8, 4) is 11.8 Å². The molecule has 0 aromatic heterocycles. The maximum atomic E-state index is 9.12. The fraction of sp³-hybridized carbons (Fsp3) is 0.188. The highest BCUT2D eigenvalue weighted by Gasteiger charge is 2.19. The third kappa shape index (κ3) is 3.38. The summed E-state index contributed by atoms with van der Waals surface area (Å²) in [4.78, 5) is 0. The first-order valence-corrected chi connectivity index (χ1v) is 7.08. The van der Waals surface area contributed by atoms with Crippen LogP contribution >= 0.6 is 15.9 Å². The quantitative estimate of drug-likeness (QED) is 0.927. The Bertz CT molecular complexity index is 634. The lowest BCUT2D eigenvalue weighted by Gasteiger charge is -2.23. The summed E-state index contributed by atoms with van der Waals surface area (Å²) in [5.41, 5.74) is 7.52. The molecule has 0 aliphatic heterocycles. The number of hydrogen-bond acceptors (Lipinski definition) is 3. The molecule has 20 heavy (non-hydrogen) atoms. The molecule has 102 valence electrons. The van der Waals surface area contributed by atoms with Gasteiger partial charge in [0.05, 0.1) is 5.56 Å². The SMILES string of the molecule is CC(N)C(Oc1ccccc1C#N)c1cccc(Br)c1. The van der Waals surface area contributed by atoms with Gasteiger partial charge in [-0.15, -0.1) is 0 Å². The second kappa shape index (κ2) is 6.56. The number of para-hydroxylation sites is 1. The molecule has 0 aliphatic rings. The molecule has 2 N–H and O–H groups in total.